The van der Waals surface area contributed by atoms with Crippen molar-refractivity contribution < 1.29 is 27.9 Å². The minimum atomic E-state index is -3.92. The van der Waals surface area contributed by atoms with Crippen molar-refractivity contribution in [3.05, 3.63) is 77.3 Å². The fraction of sp³-hybridized carbons (Fsp3) is 0.286. The van der Waals surface area contributed by atoms with E-state index in [1.807, 2.05) is 37.3 Å². The standard InChI is InChI=1S/C28H28ClNO6S/c1-19-5-2-9-25(15-19)37(34,35)30-18-24(13-12-23(31)8-4-10-28(32)33)36-27-14-11-21(17-26(27)30)20-6-3-7-22(29)16-20/h2-3,5-7,9,11,14-17,24H,4,8,10,12-13,18H2,1H3,(H,32,33)/t24-/m0/s1. The Kier molecular flexibility index (Phi) is 8.19. The molecule has 1 aliphatic heterocycles. The molecule has 3 aromatic rings. The van der Waals surface area contributed by atoms with Crippen LogP contribution < -0.4 is 9.04 Å². The number of sulfonamides is 1. The minimum absolute atomic E-state index is 0.0463. The molecule has 1 aliphatic rings. The molecule has 7 nitrogen and oxygen atoms in total. The smallest absolute Gasteiger partial charge is 0.303 e. The molecule has 194 valence electrons. The molecule has 0 saturated heterocycles. The number of aliphatic carboxylic acids is 1. The molecule has 4 rings (SSSR count). The Labute approximate surface area is 221 Å². The van der Waals surface area contributed by atoms with Gasteiger partial charge in [-0.1, -0.05) is 41.9 Å². The van der Waals surface area contributed by atoms with Crippen molar-refractivity contribution >= 4 is 39.1 Å². The third-order valence-electron chi connectivity index (χ3n) is 6.22. The van der Waals surface area contributed by atoms with Gasteiger partial charge in [-0.15, -0.1) is 0 Å². The first kappa shape index (κ1) is 26.7. The third kappa shape index (κ3) is 6.50. The van der Waals surface area contributed by atoms with Gasteiger partial charge in [0, 0.05) is 24.3 Å². The van der Waals surface area contributed by atoms with Crippen molar-refractivity contribution in [2.75, 3.05) is 10.8 Å². The van der Waals surface area contributed by atoms with Gasteiger partial charge in [0.2, 0.25) is 0 Å². The average Bonchev–Trinajstić information content (AvgIpc) is 2.86. The monoisotopic (exact) mass is 541 g/mol. The first-order valence-corrected chi connectivity index (χ1v) is 13.8. The number of carboxylic acid groups (broad SMARTS) is 1. The number of benzene rings is 3. The summed E-state index contributed by atoms with van der Waals surface area (Å²) in [5, 5.41) is 9.35. The zero-order chi connectivity index (χ0) is 26.6. The van der Waals surface area contributed by atoms with E-state index in [2.05, 4.69) is 0 Å². The van der Waals surface area contributed by atoms with E-state index in [-0.39, 0.29) is 42.9 Å². The highest BCUT2D eigenvalue weighted by Crippen LogP contribution is 2.41. The highest BCUT2D eigenvalue weighted by atomic mass is 35.5. The molecule has 0 amide bonds. The number of carbonyl (C=O) groups is 2. The molecule has 0 saturated carbocycles. The Morgan fingerprint density at radius 2 is 1.76 bits per heavy atom. The van der Waals surface area contributed by atoms with Crippen LogP contribution in [0.15, 0.2) is 71.6 Å². The van der Waals surface area contributed by atoms with E-state index in [1.165, 1.54) is 4.31 Å². The lowest BCUT2D eigenvalue weighted by Crippen LogP contribution is -2.43. The summed E-state index contributed by atoms with van der Waals surface area (Å²) < 4.78 is 35.1. The van der Waals surface area contributed by atoms with E-state index in [0.717, 1.165) is 16.7 Å². The normalized spacial score (nSPS) is 15.1. The van der Waals surface area contributed by atoms with E-state index >= 15 is 0 Å². The van der Waals surface area contributed by atoms with E-state index in [4.69, 9.17) is 21.4 Å². The van der Waals surface area contributed by atoms with Gasteiger partial charge in [-0.25, -0.2) is 8.42 Å². The fourth-order valence-electron chi connectivity index (χ4n) is 4.32. The number of hydrogen-bond acceptors (Lipinski definition) is 5. The van der Waals surface area contributed by atoms with Gasteiger partial charge in [0.05, 0.1) is 17.1 Å². The largest absolute Gasteiger partial charge is 0.486 e. The highest BCUT2D eigenvalue weighted by molar-refractivity contribution is 7.92. The first-order valence-electron chi connectivity index (χ1n) is 12.0. The van der Waals surface area contributed by atoms with Crippen molar-refractivity contribution in [2.45, 2.75) is 50.0 Å². The quantitative estimate of drug-likeness (QED) is 0.344. The Balaban J connectivity index is 1.64. The summed E-state index contributed by atoms with van der Waals surface area (Å²) in [4.78, 5) is 23.2. The summed E-state index contributed by atoms with van der Waals surface area (Å²) in [5.74, 6) is -0.592. The van der Waals surface area contributed by atoms with Gasteiger partial charge in [0.1, 0.15) is 17.6 Å². The van der Waals surface area contributed by atoms with Crippen LogP contribution in [-0.2, 0) is 19.6 Å². The van der Waals surface area contributed by atoms with Gasteiger partial charge in [0.25, 0.3) is 10.0 Å². The van der Waals surface area contributed by atoms with Crippen molar-refractivity contribution in [3.8, 4) is 16.9 Å². The summed E-state index contributed by atoms with van der Waals surface area (Å²) in [7, 11) is -3.92. The molecular weight excluding hydrogens is 514 g/mol. The van der Waals surface area contributed by atoms with Crippen molar-refractivity contribution in [1.82, 2.24) is 0 Å². The van der Waals surface area contributed by atoms with Gasteiger partial charge in [-0.05, 0) is 72.9 Å². The van der Waals surface area contributed by atoms with Gasteiger partial charge >= 0.3 is 5.97 Å². The molecule has 1 heterocycles. The van der Waals surface area contributed by atoms with Crippen molar-refractivity contribution in [1.29, 1.82) is 0 Å². The number of ketones is 1. The summed E-state index contributed by atoms with van der Waals surface area (Å²) in [6.07, 6.45) is 0.357. The second kappa shape index (κ2) is 11.4. The zero-order valence-corrected chi connectivity index (χ0v) is 22.0. The minimum Gasteiger partial charge on any atom is -0.486 e. The molecule has 3 aromatic carbocycles. The number of rotatable bonds is 10. The number of aryl methyl sites for hydroxylation is 1. The number of hydrogen-bond donors (Lipinski definition) is 1. The zero-order valence-electron chi connectivity index (χ0n) is 20.4. The summed E-state index contributed by atoms with van der Waals surface area (Å²) in [6.45, 7) is 1.88. The summed E-state index contributed by atoms with van der Waals surface area (Å²) >= 11 is 6.17. The van der Waals surface area contributed by atoms with Gasteiger partial charge in [-0.3, -0.25) is 13.9 Å². The summed E-state index contributed by atoms with van der Waals surface area (Å²) in [5.41, 5.74) is 2.88. The van der Waals surface area contributed by atoms with E-state index in [0.29, 0.717) is 22.9 Å². The number of carboxylic acids is 1. The second-order valence-corrected chi connectivity index (χ2v) is 11.4. The summed E-state index contributed by atoms with van der Waals surface area (Å²) in [6, 6.07) is 19.4. The Morgan fingerprint density at radius 3 is 2.49 bits per heavy atom. The molecule has 1 atom stereocenters. The SMILES string of the molecule is Cc1cccc(S(=O)(=O)N2C[C@H](CCC(=O)CCCC(=O)O)Oc3ccc(-c4cccc(Cl)c4)cc32)c1. The van der Waals surface area contributed by atoms with Crippen molar-refractivity contribution in [2.24, 2.45) is 0 Å². The second-order valence-electron chi connectivity index (χ2n) is 9.11. The lowest BCUT2D eigenvalue weighted by atomic mass is 10.0. The van der Waals surface area contributed by atoms with Crippen LogP contribution in [-0.4, -0.2) is 37.9 Å². The molecular formula is C28H28ClNO6S. The lowest BCUT2D eigenvalue weighted by Gasteiger charge is -2.36. The van der Waals surface area contributed by atoms with Gasteiger partial charge in [0.15, 0.2) is 0 Å². The number of anilines is 1. The predicted molar refractivity (Wildman–Crippen MR) is 143 cm³/mol. The number of fused-ring (bicyclic) bond motifs is 1. The highest BCUT2D eigenvalue weighted by Gasteiger charge is 2.35. The van der Waals surface area contributed by atoms with Crippen LogP contribution >= 0.6 is 11.6 Å². The van der Waals surface area contributed by atoms with E-state index < -0.39 is 22.1 Å². The Hall–Kier alpha value is -3.36. The number of Topliss-reactive ketones (excluding diaryl/α,β-unsaturated/α-hetero) is 1. The van der Waals surface area contributed by atoms with Crippen LogP contribution in [0.1, 0.15) is 37.7 Å². The predicted octanol–water partition coefficient (Wildman–Crippen LogP) is 5.88. The molecule has 37 heavy (non-hydrogen) atoms. The number of halogens is 1. The molecule has 0 radical (unpaired) electrons. The van der Waals surface area contributed by atoms with Crippen LogP contribution in [0.25, 0.3) is 11.1 Å². The maximum Gasteiger partial charge on any atom is 0.303 e. The van der Waals surface area contributed by atoms with E-state index in [9.17, 15) is 18.0 Å². The third-order valence-corrected chi connectivity index (χ3v) is 8.23. The number of ether oxygens (including phenoxy) is 1. The van der Waals surface area contributed by atoms with Crippen LogP contribution in [0, 0.1) is 6.92 Å². The maximum atomic E-state index is 13.8. The molecule has 0 aliphatic carbocycles. The topological polar surface area (TPSA) is 101 Å². The Morgan fingerprint density at radius 1 is 1.00 bits per heavy atom. The fourth-order valence-corrected chi connectivity index (χ4v) is 6.12. The van der Waals surface area contributed by atoms with Crippen molar-refractivity contribution in [3.63, 3.8) is 0 Å². The average molecular weight is 542 g/mol. The van der Waals surface area contributed by atoms with E-state index in [1.54, 1.807) is 36.4 Å². The Bertz CT molecular complexity index is 1420. The van der Waals surface area contributed by atoms with Gasteiger partial charge < -0.3 is 9.84 Å². The molecule has 0 aromatic heterocycles. The lowest BCUT2D eigenvalue weighted by molar-refractivity contribution is -0.137. The van der Waals surface area contributed by atoms with Gasteiger partial charge in [-0.2, -0.15) is 0 Å². The molecule has 0 unspecified atom stereocenters. The molecule has 0 bridgehead atoms. The molecule has 9 heteroatoms. The molecule has 0 fully saturated rings. The van der Waals surface area contributed by atoms with Crippen LogP contribution in [0.2, 0.25) is 5.02 Å². The first-order chi connectivity index (χ1) is 17.6. The number of nitrogens with zero attached hydrogens (tertiary/aromatic N) is 1. The molecule has 0 spiro atoms. The van der Waals surface area contributed by atoms with Crippen LogP contribution in [0.4, 0.5) is 5.69 Å². The maximum absolute atomic E-state index is 13.8. The van der Waals surface area contributed by atoms with Crippen LogP contribution in [0.5, 0.6) is 5.75 Å². The molecule has 1 N–H and O–H groups in total. The van der Waals surface area contributed by atoms with Crippen LogP contribution in [0.3, 0.4) is 0 Å². The number of carbonyl (C=O) groups excluding carboxylic acids is 1.